The van der Waals surface area contributed by atoms with E-state index in [2.05, 4.69) is 4.74 Å². The van der Waals surface area contributed by atoms with E-state index in [4.69, 9.17) is 5.73 Å². The Kier molecular flexibility index (Phi) is 4.92. The molecule has 0 atom stereocenters. The maximum Gasteiger partial charge on any atom is 0.573 e. The van der Waals surface area contributed by atoms with Gasteiger partial charge in [-0.05, 0) is 42.4 Å². The van der Waals surface area contributed by atoms with Gasteiger partial charge in [0.05, 0.1) is 0 Å². The molecule has 0 radical (unpaired) electrons. The molecule has 0 aliphatic carbocycles. The number of halogens is 3. The third kappa shape index (κ3) is 5.29. The van der Waals surface area contributed by atoms with Crippen LogP contribution in [0.15, 0.2) is 48.5 Å². The molecule has 2 rings (SSSR count). The first kappa shape index (κ1) is 16.2. The van der Waals surface area contributed by atoms with Crippen LogP contribution in [0.1, 0.15) is 11.1 Å². The highest BCUT2D eigenvalue weighted by Gasteiger charge is 2.30. The van der Waals surface area contributed by atoms with Crippen LogP contribution in [-0.4, -0.2) is 18.3 Å². The number of nitrogens with zero attached hydrogens (tertiary/aromatic N) is 1. The average molecular weight is 310 g/mol. The zero-order valence-corrected chi connectivity index (χ0v) is 12.1. The summed E-state index contributed by atoms with van der Waals surface area (Å²) < 4.78 is 40.1. The molecule has 118 valence electrons. The van der Waals surface area contributed by atoms with Crippen molar-refractivity contribution in [2.45, 2.75) is 19.5 Å². The number of hydrogen-bond donors (Lipinski definition) is 1. The van der Waals surface area contributed by atoms with Crippen molar-refractivity contribution in [1.82, 2.24) is 4.90 Å². The van der Waals surface area contributed by atoms with Gasteiger partial charge in [-0.25, -0.2) is 0 Å². The maximum atomic E-state index is 12.1. The fourth-order valence-corrected chi connectivity index (χ4v) is 2.17. The molecule has 3 nitrogen and oxygen atoms in total. The number of nitrogens with two attached hydrogens (primary N) is 1. The van der Waals surface area contributed by atoms with Crippen LogP contribution in [-0.2, 0) is 13.1 Å². The van der Waals surface area contributed by atoms with Crippen LogP contribution < -0.4 is 10.5 Å². The molecular weight excluding hydrogens is 293 g/mol. The highest BCUT2D eigenvalue weighted by molar-refractivity contribution is 5.40. The van der Waals surface area contributed by atoms with E-state index < -0.39 is 6.36 Å². The number of hydrogen-bond acceptors (Lipinski definition) is 3. The second-order valence-electron chi connectivity index (χ2n) is 5.11. The molecule has 0 aromatic heterocycles. The summed E-state index contributed by atoms with van der Waals surface area (Å²) in [6.07, 6.45) is -4.66. The van der Waals surface area contributed by atoms with Gasteiger partial charge in [0.2, 0.25) is 0 Å². The molecule has 0 bridgehead atoms. The van der Waals surface area contributed by atoms with E-state index in [0.29, 0.717) is 18.8 Å². The maximum absolute atomic E-state index is 12.1. The van der Waals surface area contributed by atoms with Crippen molar-refractivity contribution in [3.8, 4) is 5.75 Å². The van der Waals surface area contributed by atoms with Crippen molar-refractivity contribution in [3.63, 3.8) is 0 Å². The minimum atomic E-state index is -4.66. The summed E-state index contributed by atoms with van der Waals surface area (Å²) in [5, 5.41) is 0. The molecule has 2 aromatic carbocycles. The van der Waals surface area contributed by atoms with Gasteiger partial charge in [-0.1, -0.05) is 24.3 Å². The average Bonchev–Trinajstić information content (AvgIpc) is 2.39. The summed E-state index contributed by atoms with van der Waals surface area (Å²) in [7, 11) is 1.93. The largest absolute Gasteiger partial charge is 0.573 e. The molecule has 0 spiro atoms. The molecule has 0 aliphatic rings. The Bertz CT molecular complexity index is 612. The molecule has 0 unspecified atom stereocenters. The number of anilines is 1. The Balaban J connectivity index is 1.93. The summed E-state index contributed by atoms with van der Waals surface area (Å²) in [5.41, 5.74) is 8.42. The van der Waals surface area contributed by atoms with Gasteiger partial charge in [0, 0.05) is 18.8 Å². The topological polar surface area (TPSA) is 38.5 Å². The number of rotatable bonds is 5. The third-order valence-corrected chi connectivity index (χ3v) is 3.01. The van der Waals surface area contributed by atoms with E-state index in [1.807, 2.05) is 36.2 Å². The summed E-state index contributed by atoms with van der Waals surface area (Å²) in [5.74, 6) is -0.213. The third-order valence-electron chi connectivity index (χ3n) is 3.01. The number of alkyl halides is 3. The summed E-state index contributed by atoms with van der Waals surface area (Å²) in [6.45, 7) is 1.31. The van der Waals surface area contributed by atoms with Crippen molar-refractivity contribution in [2.24, 2.45) is 0 Å². The Morgan fingerprint density at radius 1 is 1.00 bits per heavy atom. The molecule has 2 aromatic rings. The predicted molar refractivity (Wildman–Crippen MR) is 79.2 cm³/mol. The van der Waals surface area contributed by atoms with E-state index in [9.17, 15) is 13.2 Å². The van der Waals surface area contributed by atoms with Crippen LogP contribution in [0.2, 0.25) is 0 Å². The highest BCUT2D eigenvalue weighted by atomic mass is 19.4. The molecule has 0 amide bonds. The van der Waals surface area contributed by atoms with Gasteiger partial charge in [0.15, 0.2) is 0 Å². The van der Waals surface area contributed by atoms with Crippen LogP contribution in [0.5, 0.6) is 5.75 Å². The molecule has 0 saturated heterocycles. The van der Waals surface area contributed by atoms with Gasteiger partial charge >= 0.3 is 6.36 Å². The van der Waals surface area contributed by atoms with Gasteiger partial charge in [0.1, 0.15) is 5.75 Å². The van der Waals surface area contributed by atoms with Crippen LogP contribution in [0.4, 0.5) is 18.9 Å². The van der Waals surface area contributed by atoms with E-state index in [0.717, 1.165) is 11.1 Å². The highest BCUT2D eigenvalue weighted by Crippen LogP contribution is 2.23. The Morgan fingerprint density at radius 3 is 2.23 bits per heavy atom. The molecule has 0 saturated carbocycles. The fourth-order valence-electron chi connectivity index (χ4n) is 2.17. The van der Waals surface area contributed by atoms with Crippen LogP contribution in [0.25, 0.3) is 0 Å². The quantitative estimate of drug-likeness (QED) is 0.854. The second-order valence-corrected chi connectivity index (χ2v) is 5.11. The lowest BCUT2D eigenvalue weighted by molar-refractivity contribution is -0.274. The molecular formula is C16H17F3N2O. The van der Waals surface area contributed by atoms with E-state index in [1.165, 1.54) is 12.1 Å². The van der Waals surface area contributed by atoms with Crippen molar-refractivity contribution in [1.29, 1.82) is 0 Å². The lowest BCUT2D eigenvalue weighted by atomic mass is 10.1. The van der Waals surface area contributed by atoms with E-state index >= 15 is 0 Å². The SMILES string of the molecule is CN(Cc1ccc(OC(F)(F)F)cc1)Cc1cccc(N)c1. The molecule has 0 fully saturated rings. The lowest BCUT2D eigenvalue weighted by Crippen LogP contribution is -2.18. The Labute approximate surface area is 127 Å². The van der Waals surface area contributed by atoms with Crippen molar-refractivity contribution in [3.05, 3.63) is 59.7 Å². The normalized spacial score (nSPS) is 11.7. The standard InChI is InChI=1S/C16H17F3N2O/c1-21(11-13-3-2-4-14(20)9-13)10-12-5-7-15(8-6-12)22-16(17,18)19/h2-9H,10-11,20H2,1H3. The van der Waals surface area contributed by atoms with Crippen LogP contribution in [0, 0.1) is 0 Å². The van der Waals surface area contributed by atoms with E-state index in [1.54, 1.807) is 12.1 Å². The molecule has 0 aliphatic heterocycles. The van der Waals surface area contributed by atoms with Crippen molar-refractivity contribution >= 4 is 5.69 Å². The zero-order valence-electron chi connectivity index (χ0n) is 12.1. The fraction of sp³-hybridized carbons (Fsp3) is 0.250. The minimum Gasteiger partial charge on any atom is -0.406 e. The summed E-state index contributed by atoms with van der Waals surface area (Å²) in [6, 6.07) is 13.5. The lowest BCUT2D eigenvalue weighted by Gasteiger charge is -2.17. The zero-order chi connectivity index (χ0) is 16.2. The molecule has 2 N–H and O–H groups in total. The molecule has 0 heterocycles. The first-order chi connectivity index (χ1) is 10.3. The predicted octanol–water partition coefficient (Wildman–Crippen LogP) is 3.80. The summed E-state index contributed by atoms with van der Waals surface area (Å²) in [4.78, 5) is 2.05. The first-order valence-electron chi connectivity index (χ1n) is 6.69. The Hall–Kier alpha value is -2.21. The van der Waals surface area contributed by atoms with Gasteiger partial charge in [-0.2, -0.15) is 0 Å². The molecule has 22 heavy (non-hydrogen) atoms. The van der Waals surface area contributed by atoms with Crippen LogP contribution >= 0.6 is 0 Å². The van der Waals surface area contributed by atoms with Crippen molar-refractivity contribution in [2.75, 3.05) is 12.8 Å². The monoisotopic (exact) mass is 310 g/mol. The van der Waals surface area contributed by atoms with E-state index in [-0.39, 0.29) is 5.75 Å². The van der Waals surface area contributed by atoms with Gasteiger partial charge < -0.3 is 10.5 Å². The number of ether oxygens (including phenoxy) is 1. The summed E-state index contributed by atoms with van der Waals surface area (Å²) >= 11 is 0. The van der Waals surface area contributed by atoms with Gasteiger partial charge in [0.25, 0.3) is 0 Å². The first-order valence-corrected chi connectivity index (χ1v) is 6.69. The second kappa shape index (κ2) is 6.70. The number of benzene rings is 2. The smallest absolute Gasteiger partial charge is 0.406 e. The Morgan fingerprint density at radius 2 is 1.64 bits per heavy atom. The number of nitrogen functional groups attached to an aromatic ring is 1. The molecule has 6 heteroatoms. The van der Waals surface area contributed by atoms with Crippen LogP contribution in [0.3, 0.4) is 0 Å². The minimum absolute atomic E-state index is 0.213. The van der Waals surface area contributed by atoms with Crippen molar-refractivity contribution < 1.29 is 17.9 Å². The van der Waals surface area contributed by atoms with Gasteiger partial charge in [-0.3, -0.25) is 4.90 Å². The van der Waals surface area contributed by atoms with Gasteiger partial charge in [-0.15, -0.1) is 13.2 Å².